The van der Waals surface area contributed by atoms with E-state index in [2.05, 4.69) is 10.6 Å². The molecule has 3 rings (SSSR count). The number of hydrogen-bond acceptors (Lipinski definition) is 4. The lowest BCUT2D eigenvalue weighted by atomic mass is 9.88. The van der Waals surface area contributed by atoms with Gasteiger partial charge in [-0.25, -0.2) is 9.18 Å². The second-order valence-corrected chi connectivity index (χ2v) is 8.36. The Hall–Kier alpha value is -2.60. The van der Waals surface area contributed by atoms with Crippen molar-refractivity contribution in [2.24, 2.45) is 5.92 Å². The van der Waals surface area contributed by atoms with E-state index in [-0.39, 0.29) is 17.7 Å². The van der Waals surface area contributed by atoms with E-state index < -0.39 is 11.7 Å². The summed E-state index contributed by atoms with van der Waals surface area (Å²) < 4.78 is 25.1. The van der Waals surface area contributed by atoms with E-state index in [1.54, 1.807) is 12.1 Å². The van der Waals surface area contributed by atoms with E-state index in [1.165, 1.54) is 6.07 Å². The predicted octanol–water partition coefficient (Wildman–Crippen LogP) is 4.69. The first-order valence-electron chi connectivity index (χ1n) is 9.93. The van der Waals surface area contributed by atoms with Crippen LogP contribution in [0.15, 0.2) is 48.5 Å². The van der Waals surface area contributed by atoms with Crippen molar-refractivity contribution in [3.8, 4) is 0 Å². The van der Waals surface area contributed by atoms with Crippen molar-refractivity contribution in [2.75, 3.05) is 25.0 Å². The number of carbonyl (C=O) groups is 1. The first-order valence-corrected chi connectivity index (χ1v) is 9.93. The van der Waals surface area contributed by atoms with Gasteiger partial charge in [0.05, 0.1) is 13.2 Å². The first-order chi connectivity index (χ1) is 13.8. The standard InChI is InChI=1S/C23H29FN2O3/c1-23(2,3)29-22(27)26-12-17(15-28-14-16-7-5-4-6-8-16)20-13-25-21-10-9-18(24)11-19(20)21/h4-11,17,20,25H,12-15H2,1-3H3,(H,26,27)/t17-,20?/m0/s1. The molecule has 2 N–H and O–H groups in total. The normalized spacial score (nSPS) is 16.6. The van der Waals surface area contributed by atoms with Crippen LogP contribution in [-0.2, 0) is 16.1 Å². The van der Waals surface area contributed by atoms with Crippen LogP contribution in [0.3, 0.4) is 0 Å². The lowest BCUT2D eigenvalue weighted by Crippen LogP contribution is -2.38. The van der Waals surface area contributed by atoms with Gasteiger partial charge < -0.3 is 20.1 Å². The smallest absolute Gasteiger partial charge is 0.407 e. The largest absolute Gasteiger partial charge is 0.444 e. The Balaban J connectivity index is 1.66. The van der Waals surface area contributed by atoms with Crippen molar-refractivity contribution >= 4 is 11.8 Å². The molecule has 6 heteroatoms. The molecule has 2 atom stereocenters. The predicted molar refractivity (Wildman–Crippen MR) is 111 cm³/mol. The Morgan fingerprint density at radius 2 is 2.00 bits per heavy atom. The lowest BCUT2D eigenvalue weighted by molar-refractivity contribution is 0.0472. The van der Waals surface area contributed by atoms with E-state index in [1.807, 2.05) is 51.1 Å². The van der Waals surface area contributed by atoms with Crippen LogP contribution >= 0.6 is 0 Å². The summed E-state index contributed by atoms with van der Waals surface area (Å²) in [6.45, 7) is 7.46. The van der Waals surface area contributed by atoms with Gasteiger partial charge in [-0.05, 0) is 50.1 Å². The number of benzene rings is 2. The molecule has 2 aromatic carbocycles. The average Bonchev–Trinajstić information content (AvgIpc) is 3.07. The second-order valence-electron chi connectivity index (χ2n) is 8.36. The number of rotatable bonds is 7. The molecule has 0 saturated carbocycles. The van der Waals surface area contributed by atoms with E-state index in [0.717, 1.165) is 16.8 Å². The third-order valence-corrected chi connectivity index (χ3v) is 4.85. The molecule has 0 radical (unpaired) electrons. The summed E-state index contributed by atoms with van der Waals surface area (Å²) in [5.74, 6) is -0.255. The van der Waals surface area contributed by atoms with Gasteiger partial charge in [0.2, 0.25) is 0 Å². The molecule has 0 bridgehead atoms. The summed E-state index contributed by atoms with van der Waals surface area (Å²) in [6.07, 6.45) is -0.462. The maximum Gasteiger partial charge on any atom is 0.407 e. The fourth-order valence-corrected chi connectivity index (χ4v) is 3.50. The summed E-state index contributed by atoms with van der Waals surface area (Å²) in [6, 6.07) is 14.7. The highest BCUT2D eigenvalue weighted by Crippen LogP contribution is 2.37. The highest BCUT2D eigenvalue weighted by molar-refractivity contribution is 5.67. The minimum Gasteiger partial charge on any atom is -0.444 e. The van der Waals surface area contributed by atoms with Gasteiger partial charge in [-0.15, -0.1) is 0 Å². The van der Waals surface area contributed by atoms with Crippen LogP contribution in [0.4, 0.5) is 14.9 Å². The van der Waals surface area contributed by atoms with Gasteiger partial charge in [0.25, 0.3) is 0 Å². The fourth-order valence-electron chi connectivity index (χ4n) is 3.50. The quantitative estimate of drug-likeness (QED) is 0.708. The highest BCUT2D eigenvalue weighted by Gasteiger charge is 2.31. The zero-order valence-electron chi connectivity index (χ0n) is 17.2. The van der Waals surface area contributed by atoms with Gasteiger partial charge in [-0.1, -0.05) is 30.3 Å². The van der Waals surface area contributed by atoms with Gasteiger partial charge in [0, 0.05) is 30.6 Å². The second kappa shape index (κ2) is 9.27. The summed E-state index contributed by atoms with van der Waals surface area (Å²) in [7, 11) is 0. The zero-order chi connectivity index (χ0) is 20.9. The third-order valence-electron chi connectivity index (χ3n) is 4.85. The molecule has 1 unspecified atom stereocenters. The summed E-state index contributed by atoms with van der Waals surface area (Å²) >= 11 is 0. The zero-order valence-corrected chi connectivity index (χ0v) is 17.2. The van der Waals surface area contributed by atoms with Crippen molar-refractivity contribution < 1.29 is 18.7 Å². The number of fused-ring (bicyclic) bond motifs is 1. The van der Waals surface area contributed by atoms with E-state index in [0.29, 0.717) is 26.3 Å². The molecule has 0 saturated heterocycles. The number of nitrogens with one attached hydrogen (secondary N) is 2. The van der Waals surface area contributed by atoms with Crippen LogP contribution in [-0.4, -0.2) is 31.4 Å². The molecule has 5 nitrogen and oxygen atoms in total. The Bertz CT molecular complexity index is 821. The number of carbonyl (C=O) groups excluding carboxylic acids is 1. The molecule has 1 heterocycles. The summed E-state index contributed by atoms with van der Waals surface area (Å²) in [5.41, 5.74) is 2.38. The Morgan fingerprint density at radius 1 is 1.24 bits per heavy atom. The minimum atomic E-state index is -0.561. The maximum absolute atomic E-state index is 13.8. The Morgan fingerprint density at radius 3 is 2.72 bits per heavy atom. The number of anilines is 1. The summed E-state index contributed by atoms with van der Waals surface area (Å²) in [5, 5.41) is 6.17. The molecule has 1 amide bonds. The van der Waals surface area contributed by atoms with Crippen molar-refractivity contribution in [3.63, 3.8) is 0 Å². The van der Waals surface area contributed by atoms with Crippen LogP contribution in [0.25, 0.3) is 0 Å². The van der Waals surface area contributed by atoms with Gasteiger partial charge in [0.15, 0.2) is 0 Å². The van der Waals surface area contributed by atoms with E-state index >= 15 is 0 Å². The van der Waals surface area contributed by atoms with Crippen LogP contribution < -0.4 is 10.6 Å². The molecular formula is C23H29FN2O3. The SMILES string of the molecule is CC(C)(C)OC(=O)NC[C@@H](COCc1ccccc1)C1CNc2ccc(F)cc21. The lowest BCUT2D eigenvalue weighted by Gasteiger charge is -2.25. The van der Waals surface area contributed by atoms with Crippen molar-refractivity contribution in [3.05, 3.63) is 65.5 Å². The molecular weight excluding hydrogens is 371 g/mol. The molecule has 0 fully saturated rings. The highest BCUT2D eigenvalue weighted by atomic mass is 19.1. The van der Waals surface area contributed by atoms with E-state index in [9.17, 15) is 9.18 Å². The average molecular weight is 400 g/mol. The fraction of sp³-hybridized carbons (Fsp3) is 0.435. The Kier molecular flexibility index (Phi) is 6.75. The van der Waals surface area contributed by atoms with Crippen molar-refractivity contribution in [1.29, 1.82) is 0 Å². The van der Waals surface area contributed by atoms with Gasteiger partial charge in [0.1, 0.15) is 11.4 Å². The van der Waals surface area contributed by atoms with Crippen LogP contribution in [0, 0.1) is 11.7 Å². The number of halogens is 1. The van der Waals surface area contributed by atoms with Gasteiger partial charge in [-0.3, -0.25) is 0 Å². The molecule has 2 aromatic rings. The van der Waals surface area contributed by atoms with Gasteiger partial charge in [-0.2, -0.15) is 0 Å². The van der Waals surface area contributed by atoms with Crippen LogP contribution in [0.1, 0.15) is 37.8 Å². The molecule has 29 heavy (non-hydrogen) atoms. The number of alkyl carbamates (subject to hydrolysis) is 1. The molecule has 0 aromatic heterocycles. The van der Waals surface area contributed by atoms with Crippen molar-refractivity contribution in [1.82, 2.24) is 5.32 Å². The summed E-state index contributed by atoms with van der Waals surface area (Å²) in [4.78, 5) is 12.1. The molecule has 0 aliphatic carbocycles. The third kappa shape index (κ3) is 6.19. The monoisotopic (exact) mass is 400 g/mol. The number of amides is 1. The number of hydrogen-bond donors (Lipinski definition) is 2. The minimum absolute atomic E-state index is 0.0261. The Labute approximate surface area is 171 Å². The first kappa shape index (κ1) is 21.1. The van der Waals surface area contributed by atoms with Crippen LogP contribution in [0.5, 0.6) is 0 Å². The maximum atomic E-state index is 13.8. The van der Waals surface area contributed by atoms with E-state index in [4.69, 9.17) is 9.47 Å². The van der Waals surface area contributed by atoms with Crippen LogP contribution in [0.2, 0.25) is 0 Å². The molecule has 0 spiro atoms. The van der Waals surface area contributed by atoms with Crippen molar-refractivity contribution in [2.45, 2.75) is 38.9 Å². The number of ether oxygens (including phenoxy) is 2. The topological polar surface area (TPSA) is 59.6 Å². The molecule has 1 aliphatic heterocycles. The molecule has 1 aliphatic rings. The van der Waals surface area contributed by atoms with Gasteiger partial charge >= 0.3 is 6.09 Å². The molecule has 156 valence electrons.